The number of piperazine rings is 1. The summed E-state index contributed by atoms with van der Waals surface area (Å²) in [5, 5.41) is 7.58. The van der Waals surface area contributed by atoms with Gasteiger partial charge in [-0.2, -0.15) is 5.10 Å². The van der Waals surface area contributed by atoms with Gasteiger partial charge in [-0.3, -0.25) is 5.43 Å². The highest BCUT2D eigenvalue weighted by molar-refractivity contribution is 5.85. The van der Waals surface area contributed by atoms with Gasteiger partial charge in [0.1, 0.15) is 12.5 Å². The number of rotatable bonds is 1. The maximum atomic E-state index is 4.16. The summed E-state index contributed by atoms with van der Waals surface area (Å²) in [6.07, 6.45) is 1.20. The highest BCUT2D eigenvalue weighted by Gasteiger charge is 2.24. The normalized spacial score (nSPS) is 29.4. The first-order valence-electron chi connectivity index (χ1n) is 4.18. The van der Waals surface area contributed by atoms with Crippen molar-refractivity contribution in [3.63, 3.8) is 0 Å². The zero-order valence-corrected chi connectivity index (χ0v) is 6.80. The molecule has 2 aliphatic heterocycles. The standard InChI is InChI=1S/C7H14N4/c1-2-6-4-11-5-9-10-7(11)3-8-6/h6,8-9H,2-5H2,1H3. The van der Waals surface area contributed by atoms with Crippen LogP contribution in [0, 0.1) is 0 Å². The SMILES string of the molecule is CCC1CN2CNN=C2CN1. The highest BCUT2D eigenvalue weighted by atomic mass is 15.5. The lowest BCUT2D eigenvalue weighted by molar-refractivity contribution is 0.324. The molecule has 1 unspecified atom stereocenters. The Bertz CT molecular complexity index is 177. The molecule has 1 atom stereocenters. The molecule has 4 nitrogen and oxygen atoms in total. The van der Waals surface area contributed by atoms with Gasteiger partial charge in [0.15, 0.2) is 0 Å². The van der Waals surface area contributed by atoms with Crippen LogP contribution in [0.5, 0.6) is 0 Å². The van der Waals surface area contributed by atoms with Gasteiger partial charge in [-0.25, -0.2) is 0 Å². The van der Waals surface area contributed by atoms with Gasteiger partial charge in [0, 0.05) is 12.6 Å². The number of hydrogen-bond acceptors (Lipinski definition) is 4. The van der Waals surface area contributed by atoms with Crippen LogP contribution in [0.3, 0.4) is 0 Å². The summed E-state index contributed by atoms with van der Waals surface area (Å²) in [7, 11) is 0. The van der Waals surface area contributed by atoms with Crippen LogP contribution in [0.1, 0.15) is 13.3 Å². The molecule has 0 aromatic carbocycles. The van der Waals surface area contributed by atoms with E-state index in [1.807, 2.05) is 0 Å². The van der Waals surface area contributed by atoms with Crippen LogP contribution in [0.2, 0.25) is 0 Å². The molecule has 2 N–H and O–H groups in total. The molecule has 62 valence electrons. The number of hydrazone groups is 1. The van der Waals surface area contributed by atoms with Gasteiger partial charge >= 0.3 is 0 Å². The minimum absolute atomic E-state index is 0.647. The van der Waals surface area contributed by atoms with Crippen LogP contribution in [-0.2, 0) is 0 Å². The third kappa shape index (κ3) is 1.18. The average Bonchev–Trinajstić information content (AvgIpc) is 2.50. The maximum absolute atomic E-state index is 4.16. The van der Waals surface area contributed by atoms with Gasteiger partial charge < -0.3 is 10.2 Å². The first kappa shape index (κ1) is 6.91. The van der Waals surface area contributed by atoms with Crippen LogP contribution in [0.25, 0.3) is 0 Å². The van der Waals surface area contributed by atoms with Crippen molar-refractivity contribution in [1.82, 2.24) is 15.6 Å². The van der Waals surface area contributed by atoms with E-state index in [4.69, 9.17) is 0 Å². The lowest BCUT2D eigenvalue weighted by atomic mass is 10.1. The van der Waals surface area contributed by atoms with Crippen molar-refractivity contribution in [3.8, 4) is 0 Å². The third-order valence-corrected chi connectivity index (χ3v) is 2.32. The van der Waals surface area contributed by atoms with E-state index in [1.54, 1.807) is 0 Å². The predicted molar refractivity (Wildman–Crippen MR) is 44.2 cm³/mol. The molecule has 0 aromatic rings. The minimum Gasteiger partial charge on any atom is -0.337 e. The zero-order valence-electron chi connectivity index (χ0n) is 6.80. The van der Waals surface area contributed by atoms with Gasteiger partial charge in [-0.15, -0.1) is 0 Å². The largest absolute Gasteiger partial charge is 0.337 e. The van der Waals surface area contributed by atoms with Crippen LogP contribution in [-0.4, -0.2) is 36.5 Å². The Kier molecular flexibility index (Phi) is 1.69. The highest BCUT2D eigenvalue weighted by Crippen LogP contribution is 2.06. The maximum Gasteiger partial charge on any atom is 0.140 e. The Labute approximate surface area is 66.6 Å². The van der Waals surface area contributed by atoms with Gasteiger partial charge in [-0.1, -0.05) is 6.92 Å². The summed E-state index contributed by atoms with van der Waals surface area (Å²) >= 11 is 0. The van der Waals surface area contributed by atoms with Crippen molar-refractivity contribution in [2.75, 3.05) is 19.8 Å². The van der Waals surface area contributed by atoms with Gasteiger partial charge in [0.25, 0.3) is 0 Å². The van der Waals surface area contributed by atoms with E-state index in [0.29, 0.717) is 6.04 Å². The molecule has 1 saturated heterocycles. The molecular formula is C7H14N4. The molecule has 2 heterocycles. The molecule has 2 rings (SSSR count). The van der Waals surface area contributed by atoms with E-state index in [9.17, 15) is 0 Å². The van der Waals surface area contributed by atoms with Crippen molar-refractivity contribution in [2.45, 2.75) is 19.4 Å². The van der Waals surface area contributed by atoms with E-state index in [1.165, 1.54) is 6.42 Å². The lowest BCUT2D eigenvalue weighted by Gasteiger charge is -2.31. The summed E-state index contributed by atoms with van der Waals surface area (Å²) < 4.78 is 0. The summed E-state index contributed by atoms with van der Waals surface area (Å²) in [5.41, 5.74) is 2.98. The van der Waals surface area contributed by atoms with Crippen molar-refractivity contribution in [3.05, 3.63) is 0 Å². The van der Waals surface area contributed by atoms with Gasteiger partial charge in [0.2, 0.25) is 0 Å². The molecular weight excluding hydrogens is 140 g/mol. The Balaban J connectivity index is 1.98. The van der Waals surface area contributed by atoms with Gasteiger partial charge in [-0.05, 0) is 6.42 Å². The average molecular weight is 154 g/mol. The van der Waals surface area contributed by atoms with E-state index in [-0.39, 0.29) is 0 Å². The Morgan fingerprint density at radius 1 is 1.73 bits per heavy atom. The Hall–Kier alpha value is -0.770. The van der Waals surface area contributed by atoms with E-state index in [0.717, 1.165) is 25.6 Å². The van der Waals surface area contributed by atoms with E-state index < -0.39 is 0 Å². The second-order valence-corrected chi connectivity index (χ2v) is 3.05. The third-order valence-electron chi connectivity index (χ3n) is 2.32. The Morgan fingerprint density at radius 2 is 2.64 bits per heavy atom. The van der Waals surface area contributed by atoms with Crippen LogP contribution >= 0.6 is 0 Å². The van der Waals surface area contributed by atoms with E-state index in [2.05, 4.69) is 27.7 Å². The lowest BCUT2D eigenvalue weighted by Crippen LogP contribution is -2.52. The number of amidine groups is 1. The molecule has 0 spiro atoms. The number of nitrogens with zero attached hydrogens (tertiary/aromatic N) is 2. The fraction of sp³-hybridized carbons (Fsp3) is 0.857. The number of fused-ring (bicyclic) bond motifs is 1. The smallest absolute Gasteiger partial charge is 0.140 e. The van der Waals surface area contributed by atoms with Crippen molar-refractivity contribution < 1.29 is 0 Å². The van der Waals surface area contributed by atoms with Crippen molar-refractivity contribution in [2.24, 2.45) is 5.10 Å². The van der Waals surface area contributed by atoms with Crippen LogP contribution in [0.15, 0.2) is 5.10 Å². The van der Waals surface area contributed by atoms with E-state index >= 15 is 0 Å². The van der Waals surface area contributed by atoms with Crippen LogP contribution in [0.4, 0.5) is 0 Å². The molecule has 0 saturated carbocycles. The molecule has 0 aromatic heterocycles. The molecule has 0 amide bonds. The second kappa shape index (κ2) is 2.70. The zero-order chi connectivity index (χ0) is 7.68. The monoisotopic (exact) mass is 154 g/mol. The first-order valence-corrected chi connectivity index (χ1v) is 4.18. The molecule has 2 aliphatic rings. The summed E-state index contributed by atoms with van der Waals surface area (Å²) in [5.74, 6) is 1.16. The fourth-order valence-corrected chi connectivity index (χ4v) is 1.53. The second-order valence-electron chi connectivity index (χ2n) is 3.05. The quantitative estimate of drug-likeness (QED) is 0.537. The van der Waals surface area contributed by atoms with Crippen molar-refractivity contribution >= 4 is 5.84 Å². The summed E-state index contributed by atoms with van der Waals surface area (Å²) in [6, 6.07) is 0.647. The summed E-state index contributed by atoms with van der Waals surface area (Å²) in [4.78, 5) is 2.30. The predicted octanol–water partition coefficient (Wildman–Crippen LogP) is -0.456. The minimum atomic E-state index is 0.647. The molecule has 4 heteroatoms. The fourth-order valence-electron chi connectivity index (χ4n) is 1.53. The first-order chi connectivity index (χ1) is 5.40. The number of hydrogen-bond donors (Lipinski definition) is 2. The van der Waals surface area contributed by atoms with Crippen LogP contribution < -0.4 is 10.7 Å². The molecule has 0 aliphatic carbocycles. The molecule has 11 heavy (non-hydrogen) atoms. The Morgan fingerprint density at radius 3 is 3.45 bits per heavy atom. The van der Waals surface area contributed by atoms with Gasteiger partial charge in [0.05, 0.1) is 6.54 Å². The summed E-state index contributed by atoms with van der Waals surface area (Å²) in [6.45, 7) is 5.13. The van der Waals surface area contributed by atoms with Crippen molar-refractivity contribution in [1.29, 1.82) is 0 Å². The number of nitrogens with one attached hydrogen (secondary N) is 2. The molecule has 0 radical (unpaired) electrons. The topological polar surface area (TPSA) is 39.7 Å². The molecule has 0 bridgehead atoms. The molecule has 1 fully saturated rings.